The second-order valence-corrected chi connectivity index (χ2v) is 5.87. The molecule has 18 heavy (non-hydrogen) atoms. The van der Waals surface area contributed by atoms with Crippen LogP contribution in [0.15, 0.2) is 12.1 Å². The van der Waals surface area contributed by atoms with Crippen LogP contribution in [0.3, 0.4) is 0 Å². The van der Waals surface area contributed by atoms with Crippen molar-refractivity contribution in [3.63, 3.8) is 0 Å². The fourth-order valence-electron chi connectivity index (χ4n) is 1.53. The zero-order valence-electron chi connectivity index (χ0n) is 9.16. The van der Waals surface area contributed by atoms with Crippen LogP contribution in [0.5, 0.6) is 0 Å². The summed E-state index contributed by atoms with van der Waals surface area (Å²) >= 11 is 11.6. The van der Waals surface area contributed by atoms with Gasteiger partial charge in [0.1, 0.15) is 4.33 Å². The molecule has 1 aromatic rings. The molecule has 0 aliphatic heterocycles. The van der Waals surface area contributed by atoms with Crippen molar-refractivity contribution < 1.29 is 18.0 Å². The molecule has 1 aliphatic rings. The van der Waals surface area contributed by atoms with Crippen molar-refractivity contribution in [1.82, 2.24) is 0 Å². The summed E-state index contributed by atoms with van der Waals surface area (Å²) in [6, 6.07) is 1.65. The second kappa shape index (κ2) is 4.03. The number of amides is 1. The van der Waals surface area contributed by atoms with Gasteiger partial charge in [0.15, 0.2) is 17.5 Å². The van der Waals surface area contributed by atoms with Crippen LogP contribution in [-0.4, -0.2) is 10.2 Å². The van der Waals surface area contributed by atoms with Gasteiger partial charge in [-0.2, -0.15) is 0 Å². The van der Waals surface area contributed by atoms with Crippen LogP contribution in [-0.2, 0) is 4.79 Å². The zero-order chi connectivity index (χ0) is 13.7. The number of benzene rings is 1. The fourth-order valence-corrected chi connectivity index (χ4v) is 2.24. The molecule has 0 saturated heterocycles. The van der Waals surface area contributed by atoms with Crippen molar-refractivity contribution in [3.8, 4) is 0 Å². The lowest BCUT2D eigenvalue weighted by molar-refractivity contribution is -0.120. The Morgan fingerprint density at radius 2 is 1.83 bits per heavy atom. The molecule has 2 rings (SSSR count). The van der Waals surface area contributed by atoms with Crippen LogP contribution < -0.4 is 5.32 Å². The SMILES string of the molecule is CC1(C(=O)Nc2ccc(F)c(F)c2F)CC1(Cl)Cl. The first kappa shape index (κ1) is 13.5. The van der Waals surface area contributed by atoms with E-state index in [1.165, 1.54) is 6.92 Å². The molecule has 98 valence electrons. The molecule has 0 heterocycles. The number of nitrogens with one attached hydrogen (secondary N) is 1. The van der Waals surface area contributed by atoms with E-state index in [0.717, 1.165) is 12.1 Å². The predicted octanol–water partition coefficient (Wildman–Crippen LogP) is 3.63. The van der Waals surface area contributed by atoms with Crippen LogP contribution in [0.25, 0.3) is 0 Å². The minimum atomic E-state index is -1.64. The van der Waals surface area contributed by atoms with Gasteiger partial charge in [-0.3, -0.25) is 4.79 Å². The minimum Gasteiger partial charge on any atom is -0.323 e. The first-order chi connectivity index (χ1) is 8.19. The number of hydrogen-bond acceptors (Lipinski definition) is 1. The van der Waals surface area contributed by atoms with E-state index < -0.39 is 38.8 Å². The maximum absolute atomic E-state index is 13.3. The lowest BCUT2D eigenvalue weighted by atomic mass is 10.1. The highest BCUT2D eigenvalue weighted by molar-refractivity contribution is 6.53. The molecule has 1 unspecified atom stereocenters. The average molecular weight is 298 g/mol. The van der Waals surface area contributed by atoms with Crippen LogP contribution in [0.1, 0.15) is 13.3 Å². The molecule has 0 aromatic heterocycles. The third kappa shape index (κ3) is 1.95. The van der Waals surface area contributed by atoms with Crippen molar-refractivity contribution in [3.05, 3.63) is 29.6 Å². The summed E-state index contributed by atoms with van der Waals surface area (Å²) in [4.78, 5) is 11.8. The molecular weight excluding hydrogens is 290 g/mol. The van der Waals surface area contributed by atoms with Gasteiger partial charge in [-0.25, -0.2) is 13.2 Å². The molecule has 1 aliphatic carbocycles. The number of halogens is 5. The smallest absolute Gasteiger partial charge is 0.233 e. The Labute approximate surface area is 111 Å². The number of carbonyl (C=O) groups is 1. The van der Waals surface area contributed by atoms with E-state index >= 15 is 0 Å². The predicted molar refractivity (Wildman–Crippen MR) is 62.1 cm³/mol. The van der Waals surface area contributed by atoms with E-state index in [9.17, 15) is 18.0 Å². The van der Waals surface area contributed by atoms with Crippen molar-refractivity contribution in [2.24, 2.45) is 5.41 Å². The van der Waals surface area contributed by atoms with Gasteiger partial charge < -0.3 is 5.32 Å². The first-order valence-corrected chi connectivity index (χ1v) is 5.77. The Morgan fingerprint density at radius 1 is 1.28 bits per heavy atom. The summed E-state index contributed by atoms with van der Waals surface area (Å²) in [5.41, 5.74) is -1.51. The minimum absolute atomic E-state index is 0.209. The van der Waals surface area contributed by atoms with Gasteiger partial charge in [-0.15, -0.1) is 23.2 Å². The van der Waals surface area contributed by atoms with Crippen molar-refractivity contribution in [2.75, 3.05) is 5.32 Å². The van der Waals surface area contributed by atoms with Crippen LogP contribution >= 0.6 is 23.2 Å². The van der Waals surface area contributed by atoms with E-state index in [0.29, 0.717) is 0 Å². The topological polar surface area (TPSA) is 29.1 Å². The summed E-state index contributed by atoms with van der Waals surface area (Å²) in [5, 5.41) is 2.15. The molecule has 0 radical (unpaired) electrons. The van der Waals surface area contributed by atoms with Gasteiger partial charge in [-0.05, 0) is 25.5 Å². The summed E-state index contributed by atoms with van der Waals surface area (Å²) in [7, 11) is 0. The van der Waals surface area contributed by atoms with Gasteiger partial charge in [0.2, 0.25) is 5.91 Å². The van der Waals surface area contributed by atoms with E-state index in [-0.39, 0.29) is 6.42 Å². The van der Waals surface area contributed by atoms with E-state index in [1.807, 2.05) is 0 Å². The quantitative estimate of drug-likeness (QED) is 0.655. The summed E-state index contributed by atoms with van der Waals surface area (Å²) in [6.07, 6.45) is 0.209. The fraction of sp³-hybridized carbons (Fsp3) is 0.364. The highest BCUT2D eigenvalue weighted by Crippen LogP contribution is 2.64. The number of alkyl halides is 2. The largest absolute Gasteiger partial charge is 0.323 e. The van der Waals surface area contributed by atoms with E-state index in [4.69, 9.17) is 23.2 Å². The third-order valence-corrected chi connectivity index (χ3v) is 4.14. The molecule has 1 atom stereocenters. The average Bonchev–Trinajstić information content (AvgIpc) is 2.80. The maximum Gasteiger partial charge on any atom is 0.233 e. The Morgan fingerprint density at radius 3 is 2.33 bits per heavy atom. The normalized spacial score (nSPS) is 24.8. The highest BCUT2D eigenvalue weighted by atomic mass is 35.5. The van der Waals surface area contributed by atoms with Crippen LogP contribution in [0.2, 0.25) is 0 Å². The lowest BCUT2D eigenvalue weighted by Crippen LogP contribution is -2.26. The Hall–Kier alpha value is -0.940. The molecule has 1 fully saturated rings. The third-order valence-electron chi connectivity index (χ3n) is 3.04. The van der Waals surface area contributed by atoms with Gasteiger partial charge in [0.05, 0.1) is 11.1 Å². The van der Waals surface area contributed by atoms with Crippen LogP contribution in [0.4, 0.5) is 18.9 Å². The van der Waals surface area contributed by atoms with Crippen LogP contribution in [0, 0.1) is 22.9 Å². The van der Waals surface area contributed by atoms with Gasteiger partial charge in [0, 0.05) is 0 Å². The summed E-state index contributed by atoms with van der Waals surface area (Å²) in [5.74, 6) is -5.07. The maximum atomic E-state index is 13.3. The molecule has 1 N–H and O–H groups in total. The Bertz CT molecular complexity index is 535. The van der Waals surface area contributed by atoms with Gasteiger partial charge in [-0.1, -0.05) is 0 Å². The molecule has 0 bridgehead atoms. The highest BCUT2D eigenvalue weighted by Gasteiger charge is 2.67. The van der Waals surface area contributed by atoms with Gasteiger partial charge in [0.25, 0.3) is 0 Å². The Balaban J connectivity index is 2.22. The van der Waals surface area contributed by atoms with Crippen molar-refractivity contribution in [1.29, 1.82) is 0 Å². The molecular formula is C11H8Cl2F3NO. The molecule has 1 amide bonds. The van der Waals surface area contributed by atoms with Crippen molar-refractivity contribution in [2.45, 2.75) is 17.7 Å². The Kier molecular flexibility index (Phi) is 3.02. The summed E-state index contributed by atoms with van der Waals surface area (Å²) < 4.78 is 37.8. The first-order valence-electron chi connectivity index (χ1n) is 5.02. The molecule has 1 saturated carbocycles. The number of anilines is 1. The lowest BCUT2D eigenvalue weighted by Gasteiger charge is -2.13. The molecule has 7 heteroatoms. The molecule has 2 nitrogen and oxygen atoms in total. The zero-order valence-corrected chi connectivity index (χ0v) is 10.7. The van der Waals surface area contributed by atoms with E-state index in [2.05, 4.69) is 5.32 Å². The summed E-state index contributed by atoms with van der Waals surface area (Å²) in [6.45, 7) is 1.50. The monoisotopic (exact) mass is 297 g/mol. The number of hydrogen-bond donors (Lipinski definition) is 1. The van der Waals surface area contributed by atoms with Gasteiger partial charge >= 0.3 is 0 Å². The van der Waals surface area contributed by atoms with Crippen molar-refractivity contribution >= 4 is 34.8 Å². The standard InChI is InChI=1S/C11H8Cl2F3NO/c1-10(4-11(10,12)13)9(18)17-6-3-2-5(14)7(15)8(6)16/h2-3H,4H2,1H3,(H,17,18). The molecule has 1 aromatic carbocycles. The number of rotatable bonds is 2. The van der Waals surface area contributed by atoms with E-state index in [1.54, 1.807) is 0 Å². The molecule has 0 spiro atoms. The second-order valence-electron chi connectivity index (χ2n) is 4.39. The number of carbonyl (C=O) groups excluding carboxylic acids is 1.